The summed E-state index contributed by atoms with van der Waals surface area (Å²) < 4.78 is 13.9. The van der Waals surface area contributed by atoms with Crippen LogP contribution in [0.4, 0.5) is 15.9 Å². The van der Waals surface area contributed by atoms with Crippen LogP contribution in [-0.4, -0.2) is 51.9 Å². The number of fused-ring (bicyclic) bond motifs is 1. The van der Waals surface area contributed by atoms with Gasteiger partial charge in [-0.1, -0.05) is 42.5 Å². The predicted octanol–water partition coefficient (Wildman–Crippen LogP) is 5.33. The predicted molar refractivity (Wildman–Crippen MR) is 155 cm³/mol. The molecule has 8 heteroatoms. The molecule has 5 aromatic rings. The van der Waals surface area contributed by atoms with E-state index < -0.39 is 0 Å². The van der Waals surface area contributed by atoms with E-state index in [1.807, 2.05) is 54.9 Å². The summed E-state index contributed by atoms with van der Waals surface area (Å²) in [5.41, 5.74) is 5.98. The molecule has 1 saturated heterocycles. The summed E-state index contributed by atoms with van der Waals surface area (Å²) in [7, 11) is 0. The second-order valence-electron chi connectivity index (χ2n) is 9.95. The molecule has 1 aliphatic heterocycles. The Balaban J connectivity index is 1.10. The van der Waals surface area contributed by atoms with Crippen molar-refractivity contribution in [1.29, 1.82) is 0 Å². The van der Waals surface area contributed by atoms with Gasteiger partial charge >= 0.3 is 0 Å². The Hall–Kier alpha value is -4.69. The van der Waals surface area contributed by atoms with Crippen LogP contribution in [0, 0.1) is 5.82 Å². The van der Waals surface area contributed by atoms with E-state index in [4.69, 9.17) is 4.98 Å². The van der Waals surface area contributed by atoms with E-state index in [9.17, 15) is 9.18 Å². The Morgan fingerprint density at radius 2 is 1.65 bits per heavy atom. The molecule has 1 N–H and O–H groups in total. The molecule has 6 rings (SSSR count). The van der Waals surface area contributed by atoms with Gasteiger partial charge in [0.25, 0.3) is 0 Å². The number of hydrogen-bond acceptors (Lipinski definition) is 6. The Kier molecular flexibility index (Phi) is 7.41. The zero-order valence-electron chi connectivity index (χ0n) is 22.0. The first-order valence-electron chi connectivity index (χ1n) is 13.4. The van der Waals surface area contributed by atoms with Crippen molar-refractivity contribution in [2.45, 2.75) is 13.0 Å². The smallest absolute Gasteiger partial charge is 0.228 e. The number of nitrogens with zero attached hydrogens (tertiary/aromatic N) is 5. The van der Waals surface area contributed by atoms with E-state index in [0.29, 0.717) is 11.3 Å². The number of aromatic nitrogens is 3. The summed E-state index contributed by atoms with van der Waals surface area (Å²) >= 11 is 0. The van der Waals surface area contributed by atoms with Gasteiger partial charge in [0.15, 0.2) is 0 Å². The number of benzene rings is 3. The highest BCUT2D eigenvalue weighted by atomic mass is 19.1. The maximum Gasteiger partial charge on any atom is 0.228 e. The van der Waals surface area contributed by atoms with Crippen molar-refractivity contribution in [3.63, 3.8) is 0 Å². The molecule has 0 atom stereocenters. The van der Waals surface area contributed by atoms with Gasteiger partial charge in [0.05, 0.1) is 23.7 Å². The average Bonchev–Trinajstić information content (AvgIpc) is 2.99. The van der Waals surface area contributed by atoms with E-state index in [1.165, 1.54) is 11.6 Å². The Bertz CT molecular complexity index is 1620. The lowest BCUT2D eigenvalue weighted by atomic mass is 10.0. The number of piperazine rings is 1. The van der Waals surface area contributed by atoms with Gasteiger partial charge in [-0.05, 0) is 58.7 Å². The first-order chi connectivity index (χ1) is 19.6. The first-order valence-corrected chi connectivity index (χ1v) is 13.4. The van der Waals surface area contributed by atoms with Crippen molar-refractivity contribution in [3.05, 3.63) is 114 Å². The Morgan fingerprint density at radius 3 is 2.42 bits per heavy atom. The van der Waals surface area contributed by atoms with E-state index >= 15 is 0 Å². The SMILES string of the molecule is O=C(Cc1ccccc1F)Nc1ccc(-c2ccc3ncc(N4CCN(Cc5cccnc5)CC4)nc3c2)cc1. The average molecular weight is 533 g/mol. The van der Waals surface area contributed by atoms with Gasteiger partial charge < -0.3 is 10.2 Å². The van der Waals surface area contributed by atoms with Crippen LogP contribution in [0.15, 0.2) is 97.5 Å². The van der Waals surface area contributed by atoms with E-state index in [2.05, 4.69) is 37.2 Å². The fourth-order valence-corrected chi connectivity index (χ4v) is 4.98. The molecular weight excluding hydrogens is 503 g/mol. The molecule has 0 spiro atoms. The number of amides is 1. The summed E-state index contributed by atoms with van der Waals surface area (Å²) in [6, 6.07) is 24.1. The topological polar surface area (TPSA) is 74.2 Å². The molecule has 0 bridgehead atoms. The second kappa shape index (κ2) is 11.6. The summed E-state index contributed by atoms with van der Waals surface area (Å²) in [6.07, 6.45) is 5.58. The second-order valence-corrected chi connectivity index (χ2v) is 9.95. The molecule has 2 aromatic heterocycles. The summed E-state index contributed by atoms with van der Waals surface area (Å²) in [5.74, 6) is 0.251. The highest BCUT2D eigenvalue weighted by Gasteiger charge is 2.19. The third kappa shape index (κ3) is 5.97. The van der Waals surface area contributed by atoms with Gasteiger partial charge in [-0.3, -0.25) is 19.7 Å². The number of hydrogen-bond donors (Lipinski definition) is 1. The summed E-state index contributed by atoms with van der Waals surface area (Å²) in [6.45, 7) is 4.60. The summed E-state index contributed by atoms with van der Waals surface area (Å²) in [4.78, 5) is 31.0. The highest BCUT2D eigenvalue weighted by molar-refractivity contribution is 5.92. The van der Waals surface area contributed by atoms with Crippen LogP contribution in [-0.2, 0) is 17.8 Å². The van der Waals surface area contributed by atoms with Crippen LogP contribution < -0.4 is 10.2 Å². The molecule has 40 heavy (non-hydrogen) atoms. The molecule has 0 unspecified atom stereocenters. The van der Waals surface area contributed by atoms with Gasteiger partial charge in [0.1, 0.15) is 11.6 Å². The van der Waals surface area contributed by atoms with Crippen LogP contribution in [0.25, 0.3) is 22.2 Å². The molecule has 200 valence electrons. The zero-order chi connectivity index (χ0) is 27.3. The minimum absolute atomic E-state index is 0.0142. The summed E-state index contributed by atoms with van der Waals surface area (Å²) in [5, 5.41) is 2.85. The first kappa shape index (κ1) is 25.6. The molecule has 0 saturated carbocycles. The van der Waals surface area contributed by atoms with Crippen molar-refractivity contribution < 1.29 is 9.18 Å². The number of nitrogens with one attached hydrogen (secondary N) is 1. The third-order valence-electron chi connectivity index (χ3n) is 7.17. The molecular formula is C32H29FN6O. The van der Waals surface area contributed by atoms with Crippen LogP contribution in [0.3, 0.4) is 0 Å². The molecule has 0 radical (unpaired) electrons. The van der Waals surface area contributed by atoms with Crippen LogP contribution in [0.2, 0.25) is 0 Å². The fraction of sp³-hybridized carbons (Fsp3) is 0.188. The van der Waals surface area contributed by atoms with Gasteiger partial charge in [-0.2, -0.15) is 0 Å². The number of pyridine rings is 1. The monoisotopic (exact) mass is 532 g/mol. The standard InChI is InChI=1S/C32H29FN6O/c33-28-6-2-1-5-26(28)19-32(40)36-27-10-7-24(8-11-27)25-9-12-29-30(18-25)37-31(21-35-29)39-16-14-38(15-17-39)22-23-4-3-13-34-20-23/h1-13,18,20-21H,14-17,19,22H2,(H,36,40). The quantitative estimate of drug-likeness (QED) is 0.305. The maximum atomic E-state index is 13.9. The van der Waals surface area contributed by atoms with E-state index in [1.54, 1.807) is 24.4 Å². The maximum absolute atomic E-state index is 13.9. The van der Waals surface area contributed by atoms with Crippen molar-refractivity contribution in [2.75, 3.05) is 36.4 Å². The van der Waals surface area contributed by atoms with Crippen molar-refractivity contribution in [3.8, 4) is 11.1 Å². The Labute approximate surface area is 232 Å². The van der Waals surface area contributed by atoms with E-state index in [-0.39, 0.29) is 18.1 Å². The van der Waals surface area contributed by atoms with Crippen LogP contribution in [0.1, 0.15) is 11.1 Å². The molecule has 7 nitrogen and oxygen atoms in total. The number of rotatable bonds is 7. The van der Waals surface area contributed by atoms with Crippen molar-refractivity contribution >= 4 is 28.4 Å². The van der Waals surface area contributed by atoms with Gasteiger partial charge in [-0.25, -0.2) is 9.37 Å². The van der Waals surface area contributed by atoms with Gasteiger partial charge in [0.2, 0.25) is 5.91 Å². The van der Waals surface area contributed by atoms with Gasteiger partial charge in [0, 0.05) is 50.8 Å². The fourth-order valence-electron chi connectivity index (χ4n) is 4.98. The molecule has 1 fully saturated rings. The zero-order valence-corrected chi connectivity index (χ0v) is 22.0. The van der Waals surface area contributed by atoms with Crippen LogP contribution in [0.5, 0.6) is 0 Å². The lowest BCUT2D eigenvalue weighted by Crippen LogP contribution is -2.46. The van der Waals surface area contributed by atoms with Crippen LogP contribution >= 0.6 is 0 Å². The lowest BCUT2D eigenvalue weighted by molar-refractivity contribution is -0.115. The van der Waals surface area contributed by atoms with Crippen molar-refractivity contribution in [2.24, 2.45) is 0 Å². The van der Waals surface area contributed by atoms with Gasteiger partial charge in [-0.15, -0.1) is 0 Å². The normalized spacial score (nSPS) is 13.9. The third-order valence-corrected chi connectivity index (χ3v) is 7.17. The Morgan fingerprint density at radius 1 is 0.850 bits per heavy atom. The largest absolute Gasteiger partial charge is 0.353 e. The lowest BCUT2D eigenvalue weighted by Gasteiger charge is -2.35. The number of anilines is 2. The molecule has 1 aliphatic rings. The highest BCUT2D eigenvalue weighted by Crippen LogP contribution is 2.26. The number of halogens is 1. The van der Waals surface area contributed by atoms with Crippen molar-refractivity contribution in [1.82, 2.24) is 19.9 Å². The van der Waals surface area contributed by atoms with E-state index in [0.717, 1.165) is 60.7 Å². The number of carbonyl (C=O) groups excluding carboxylic acids is 1. The minimum Gasteiger partial charge on any atom is -0.353 e. The number of carbonyl (C=O) groups is 1. The minimum atomic E-state index is -0.376. The molecule has 1 amide bonds. The molecule has 3 aromatic carbocycles. The molecule has 3 heterocycles. The molecule has 0 aliphatic carbocycles.